The molecule has 0 radical (unpaired) electrons. The van der Waals surface area contributed by atoms with Crippen LogP contribution in [0.15, 0.2) is 30.5 Å². The zero-order valence-electron chi connectivity index (χ0n) is 10.9. The Bertz CT molecular complexity index is 515. The van der Waals surface area contributed by atoms with Crippen LogP contribution in [0.4, 0.5) is 0 Å². The summed E-state index contributed by atoms with van der Waals surface area (Å²) in [5.41, 5.74) is 1.77. The summed E-state index contributed by atoms with van der Waals surface area (Å²) >= 11 is 0. The summed E-state index contributed by atoms with van der Waals surface area (Å²) in [6, 6.07) is 7.62. The highest BCUT2D eigenvalue weighted by atomic mass is 16.5. The normalized spacial score (nSPS) is 10.9. The molecule has 0 atom stereocenters. The van der Waals surface area contributed by atoms with Crippen LogP contribution in [0.1, 0.15) is 19.5 Å². The van der Waals surface area contributed by atoms with Crippen LogP contribution in [0.2, 0.25) is 0 Å². The fourth-order valence-corrected chi connectivity index (χ4v) is 1.89. The molecule has 2 rings (SSSR count). The highest BCUT2D eigenvalue weighted by Gasteiger charge is 2.12. The van der Waals surface area contributed by atoms with Crippen molar-refractivity contribution in [2.24, 2.45) is 5.92 Å². The molecule has 0 spiro atoms. The van der Waals surface area contributed by atoms with E-state index >= 15 is 0 Å². The molecule has 0 unspecified atom stereocenters. The topological polar surface area (TPSA) is 47.3 Å². The molecule has 0 fully saturated rings. The number of rotatable bonds is 4. The number of hydrogen-bond donors (Lipinski definition) is 1. The van der Waals surface area contributed by atoms with Gasteiger partial charge < -0.3 is 9.84 Å². The molecule has 0 saturated heterocycles. The fraction of sp³-hybridized carbons (Fsp3) is 0.357. The van der Waals surface area contributed by atoms with Gasteiger partial charge in [-0.05, 0) is 36.6 Å². The zero-order valence-corrected chi connectivity index (χ0v) is 10.9. The first-order chi connectivity index (χ1) is 8.61. The maximum atomic E-state index is 9.83. The molecule has 4 nitrogen and oxygen atoms in total. The van der Waals surface area contributed by atoms with Gasteiger partial charge in [-0.25, -0.2) is 4.68 Å². The van der Waals surface area contributed by atoms with Gasteiger partial charge in [-0.3, -0.25) is 0 Å². The Morgan fingerprint density at radius 3 is 2.50 bits per heavy atom. The third-order valence-electron chi connectivity index (χ3n) is 2.77. The van der Waals surface area contributed by atoms with Crippen molar-refractivity contribution in [3.05, 3.63) is 36.2 Å². The second kappa shape index (κ2) is 5.12. The van der Waals surface area contributed by atoms with Gasteiger partial charge in [0, 0.05) is 0 Å². The SMILES string of the molecule is COc1ccc(-n2ncc(O)c2CC(C)C)cc1. The quantitative estimate of drug-likeness (QED) is 0.902. The Morgan fingerprint density at radius 1 is 1.28 bits per heavy atom. The third-order valence-corrected chi connectivity index (χ3v) is 2.77. The van der Waals surface area contributed by atoms with Gasteiger partial charge in [-0.15, -0.1) is 0 Å². The number of aromatic hydroxyl groups is 1. The second-order valence-electron chi connectivity index (χ2n) is 4.68. The molecule has 1 aromatic heterocycles. The lowest BCUT2D eigenvalue weighted by atomic mass is 10.1. The largest absolute Gasteiger partial charge is 0.504 e. The summed E-state index contributed by atoms with van der Waals surface area (Å²) in [6.07, 6.45) is 2.28. The summed E-state index contributed by atoms with van der Waals surface area (Å²) in [4.78, 5) is 0. The van der Waals surface area contributed by atoms with Crippen LogP contribution in [-0.2, 0) is 6.42 Å². The van der Waals surface area contributed by atoms with E-state index in [2.05, 4.69) is 18.9 Å². The van der Waals surface area contributed by atoms with E-state index in [4.69, 9.17) is 4.74 Å². The number of nitrogens with zero attached hydrogens (tertiary/aromatic N) is 2. The molecule has 0 aliphatic carbocycles. The number of aromatic nitrogens is 2. The first-order valence-electron chi connectivity index (χ1n) is 6.02. The fourth-order valence-electron chi connectivity index (χ4n) is 1.89. The minimum absolute atomic E-state index is 0.250. The van der Waals surface area contributed by atoms with Crippen molar-refractivity contribution in [3.8, 4) is 17.2 Å². The molecule has 4 heteroatoms. The highest BCUT2D eigenvalue weighted by molar-refractivity contribution is 5.40. The summed E-state index contributed by atoms with van der Waals surface area (Å²) in [5, 5.41) is 14.1. The van der Waals surface area contributed by atoms with Crippen molar-refractivity contribution >= 4 is 0 Å². The van der Waals surface area contributed by atoms with E-state index in [0.29, 0.717) is 5.92 Å². The molecular weight excluding hydrogens is 228 g/mol. The number of hydrogen-bond acceptors (Lipinski definition) is 3. The molecule has 1 N–H and O–H groups in total. The summed E-state index contributed by atoms with van der Waals surface area (Å²) in [6.45, 7) is 4.23. The highest BCUT2D eigenvalue weighted by Crippen LogP contribution is 2.24. The standard InChI is InChI=1S/C14H18N2O2/c1-10(2)8-13-14(17)9-15-16(13)11-4-6-12(18-3)7-5-11/h4-7,9-10,17H,8H2,1-3H3. The Kier molecular flexibility index (Phi) is 3.55. The molecule has 0 aliphatic heterocycles. The maximum absolute atomic E-state index is 9.83. The number of ether oxygens (including phenoxy) is 1. The van der Waals surface area contributed by atoms with Crippen LogP contribution < -0.4 is 4.74 Å². The molecule has 1 aromatic carbocycles. The Labute approximate surface area is 107 Å². The van der Waals surface area contributed by atoms with E-state index in [1.165, 1.54) is 6.20 Å². The monoisotopic (exact) mass is 246 g/mol. The van der Waals surface area contributed by atoms with Crippen molar-refractivity contribution < 1.29 is 9.84 Å². The lowest BCUT2D eigenvalue weighted by Gasteiger charge is -2.10. The summed E-state index contributed by atoms with van der Waals surface area (Å²) < 4.78 is 6.90. The predicted octanol–water partition coefficient (Wildman–Crippen LogP) is 2.79. The van der Waals surface area contributed by atoms with Gasteiger partial charge >= 0.3 is 0 Å². The van der Waals surface area contributed by atoms with Gasteiger partial charge in [-0.2, -0.15) is 5.10 Å². The van der Waals surface area contributed by atoms with Crippen molar-refractivity contribution in [1.82, 2.24) is 9.78 Å². The minimum Gasteiger partial charge on any atom is -0.504 e. The van der Waals surface area contributed by atoms with Crippen LogP contribution in [0.25, 0.3) is 5.69 Å². The van der Waals surface area contributed by atoms with E-state index in [9.17, 15) is 5.11 Å². The van der Waals surface area contributed by atoms with Gasteiger partial charge in [0.1, 0.15) is 5.75 Å². The smallest absolute Gasteiger partial charge is 0.157 e. The minimum atomic E-state index is 0.250. The molecule has 1 heterocycles. The van der Waals surface area contributed by atoms with Crippen molar-refractivity contribution in [3.63, 3.8) is 0 Å². The summed E-state index contributed by atoms with van der Waals surface area (Å²) in [7, 11) is 1.64. The Balaban J connectivity index is 2.37. The van der Waals surface area contributed by atoms with Crippen molar-refractivity contribution in [2.75, 3.05) is 7.11 Å². The molecule has 96 valence electrons. The van der Waals surface area contributed by atoms with Crippen LogP contribution in [0.5, 0.6) is 11.5 Å². The molecular formula is C14H18N2O2. The predicted molar refractivity (Wildman–Crippen MR) is 70.3 cm³/mol. The first kappa shape index (κ1) is 12.5. The van der Waals surface area contributed by atoms with Crippen LogP contribution in [0.3, 0.4) is 0 Å². The van der Waals surface area contributed by atoms with E-state index in [1.54, 1.807) is 11.8 Å². The van der Waals surface area contributed by atoms with Crippen LogP contribution in [0, 0.1) is 5.92 Å². The molecule has 2 aromatic rings. The average molecular weight is 246 g/mol. The van der Waals surface area contributed by atoms with E-state index in [1.807, 2.05) is 24.3 Å². The molecule has 18 heavy (non-hydrogen) atoms. The molecule has 0 saturated carbocycles. The third kappa shape index (κ3) is 2.47. The van der Waals surface area contributed by atoms with Crippen molar-refractivity contribution in [2.45, 2.75) is 20.3 Å². The number of benzene rings is 1. The molecule has 0 amide bonds. The molecule has 0 aliphatic rings. The summed E-state index contributed by atoms with van der Waals surface area (Å²) in [5.74, 6) is 1.52. The lowest BCUT2D eigenvalue weighted by Crippen LogP contribution is -2.05. The lowest BCUT2D eigenvalue weighted by molar-refractivity contribution is 0.414. The second-order valence-corrected chi connectivity index (χ2v) is 4.68. The van der Waals surface area contributed by atoms with Crippen LogP contribution in [-0.4, -0.2) is 22.0 Å². The van der Waals surface area contributed by atoms with E-state index < -0.39 is 0 Å². The van der Waals surface area contributed by atoms with Gasteiger partial charge in [0.25, 0.3) is 0 Å². The first-order valence-corrected chi connectivity index (χ1v) is 6.02. The Morgan fingerprint density at radius 2 is 1.94 bits per heavy atom. The zero-order chi connectivity index (χ0) is 13.1. The molecule has 0 bridgehead atoms. The van der Waals surface area contributed by atoms with E-state index in [0.717, 1.165) is 23.6 Å². The maximum Gasteiger partial charge on any atom is 0.157 e. The van der Waals surface area contributed by atoms with E-state index in [-0.39, 0.29) is 5.75 Å². The number of methoxy groups -OCH3 is 1. The van der Waals surface area contributed by atoms with Gasteiger partial charge in [0.05, 0.1) is 24.7 Å². The average Bonchev–Trinajstić information content (AvgIpc) is 2.71. The van der Waals surface area contributed by atoms with Gasteiger partial charge in [0.2, 0.25) is 0 Å². The Hall–Kier alpha value is -1.97. The van der Waals surface area contributed by atoms with Crippen molar-refractivity contribution in [1.29, 1.82) is 0 Å². The van der Waals surface area contributed by atoms with Gasteiger partial charge in [0.15, 0.2) is 5.75 Å². The van der Waals surface area contributed by atoms with Gasteiger partial charge in [-0.1, -0.05) is 13.8 Å². The van der Waals surface area contributed by atoms with Crippen LogP contribution >= 0.6 is 0 Å².